The van der Waals surface area contributed by atoms with E-state index >= 15 is 0 Å². The maximum absolute atomic E-state index is 13.5. The maximum atomic E-state index is 13.5. The molecule has 5 nitrogen and oxygen atoms in total. The highest BCUT2D eigenvalue weighted by molar-refractivity contribution is 9.10. The monoisotopic (exact) mass is 468 g/mol. The van der Waals surface area contributed by atoms with Crippen LogP contribution in [-0.2, 0) is 11.3 Å². The molecule has 0 aliphatic carbocycles. The van der Waals surface area contributed by atoms with E-state index < -0.39 is 11.7 Å². The Balaban J connectivity index is 2.07. The number of amides is 1. The molecule has 3 rings (SSSR count). The molecular formula is C24H25BrN2O3. The van der Waals surface area contributed by atoms with Crippen molar-refractivity contribution in [3.63, 3.8) is 0 Å². The number of carbonyl (C=O) groups is 2. The first-order valence-corrected chi connectivity index (χ1v) is 10.5. The van der Waals surface area contributed by atoms with Crippen molar-refractivity contribution in [1.29, 1.82) is 0 Å². The lowest BCUT2D eigenvalue weighted by molar-refractivity contribution is 0.0523. The number of aromatic nitrogens is 1. The lowest BCUT2D eigenvalue weighted by Crippen LogP contribution is -2.35. The first-order chi connectivity index (χ1) is 14.2. The molecule has 0 spiro atoms. The number of rotatable bonds is 5. The van der Waals surface area contributed by atoms with E-state index in [0.29, 0.717) is 18.6 Å². The zero-order chi connectivity index (χ0) is 21.9. The van der Waals surface area contributed by atoms with Crippen molar-refractivity contribution < 1.29 is 14.3 Å². The van der Waals surface area contributed by atoms with E-state index in [2.05, 4.69) is 22.5 Å². The van der Waals surface area contributed by atoms with Crippen LogP contribution in [0.15, 0.2) is 71.7 Å². The topological polar surface area (TPSA) is 51.5 Å². The fourth-order valence-corrected chi connectivity index (χ4v) is 3.57. The highest BCUT2D eigenvalue weighted by Crippen LogP contribution is 2.26. The minimum absolute atomic E-state index is 0.259. The standard InChI is InChI=1S/C24H25BrN2O3/c1-5-13-26(16-17-9-7-6-8-10-17)22(28)21-15-18-14-19(25)11-12-20(18)27(21)23(29)30-24(2,3)4/h5-12,14-15H,1,13,16H2,2-4H3. The van der Waals surface area contributed by atoms with Gasteiger partial charge in [0.15, 0.2) is 0 Å². The molecule has 30 heavy (non-hydrogen) atoms. The van der Waals surface area contributed by atoms with Crippen LogP contribution in [0.25, 0.3) is 10.9 Å². The second-order valence-corrected chi connectivity index (χ2v) is 8.92. The lowest BCUT2D eigenvalue weighted by atomic mass is 10.2. The Morgan fingerprint density at radius 1 is 1.13 bits per heavy atom. The molecule has 0 aliphatic rings. The van der Waals surface area contributed by atoms with E-state index in [1.807, 2.05) is 42.5 Å². The summed E-state index contributed by atoms with van der Waals surface area (Å²) in [5, 5.41) is 0.775. The number of carbonyl (C=O) groups excluding carboxylic acids is 2. The number of hydrogen-bond acceptors (Lipinski definition) is 3. The third kappa shape index (κ3) is 5.00. The zero-order valence-corrected chi connectivity index (χ0v) is 19.0. The van der Waals surface area contributed by atoms with E-state index in [0.717, 1.165) is 15.4 Å². The van der Waals surface area contributed by atoms with Gasteiger partial charge in [-0.2, -0.15) is 0 Å². The molecule has 0 saturated carbocycles. The summed E-state index contributed by atoms with van der Waals surface area (Å²) in [5.74, 6) is -0.267. The summed E-state index contributed by atoms with van der Waals surface area (Å²) >= 11 is 3.45. The van der Waals surface area contributed by atoms with Gasteiger partial charge < -0.3 is 9.64 Å². The number of benzene rings is 2. The molecule has 3 aromatic rings. The minimum atomic E-state index is -0.686. The van der Waals surface area contributed by atoms with Crippen LogP contribution in [0.2, 0.25) is 0 Å². The van der Waals surface area contributed by atoms with Crippen LogP contribution in [0, 0.1) is 0 Å². The van der Waals surface area contributed by atoms with Crippen molar-refractivity contribution in [2.75, 3.05) is 6.54 Å². The van der Waals surface area contributed by atoms with Crippen molar-refractivity contribution in [3.05, 3.63) is 83.0 Å². The largest absolute Gasteiger partial charge is 0.443 e. The van der Waals surface area contributed by atoms with Gasteiger partial charge in [-0.1, -0.05) is 52.3 Å². The summed E-state index contributed by atoms with van der Waals surface area (Å²) in [7, 11) is 0. The fraction of sp³-hybridized carbons (Fsp3) is 0.250. The Morgan fingerprint density at radius 3 is 2.47 bits per heavy atom. The molecule has 1 aromatic heterocycles. The SMILES string of the molecule is C=CCN(Cc1ccccc1)C(=O)c1cc2cc(Br)ccc2n1C(=O)OC(C)(C)C. The minimum Gasteiger partial charge on any atom is -0.443 e. The van der Waals surface area contributed by atoms with Crippen LogP contribution in [-0.4, -0.2) is 33.6 Å². The molecule has 0 bridgehead atoms. The molecule has 0 radical (unpaired) electrons. The van der Waals surface area contributed by atoms with Gasteiger partial charge in [-0.05, 0) is 50.6 Å². The van der Waals surface area contributed by atoms with E-state index in [1.165, 1.54) is 4.57 Å². The Kier molecular flexibility index (Phi) is 6.46. The molecule has 0 saturated heterocycles. The molecule has 0 atom stereocenters. The molecule has 0 fully saturated rings. The Bertz CT molecular complexity index is 1080. The molecule has 6 heteroatoms. The molecule has 0 N–H and O–H groups in total. The van der Waals surface area contributed by atoms with Gasteiger partial charge in [-0.3, -0.25) is 4.79 Å². The summed E-state index contributed by atoms with van der Waals surface area (Å²) in [5.41, 5.74) is 1.19. The van der Waals surface area contributed by atoms with Gasteiger partial charge in [0.2, 0.25) is 0 Å². The highest BCUT2D eigenvalue weighted by atomic mass is 79.9. The lowest BCUT2D eigenvalue weighted by Gasteiger charge is -2.24. The normalized spacial score (nSPS) is 11.3. The van der Waals surface area contributed by atoms with E-state index in [4.69, 9.17) is 4.74 Å². The number of fused-ring (bicyclic) bond motifs is 1. The Labute approximate surface area is 185 Å². The third-order valence-electron chi connectivity index (χ3n) is 4.41. The second-order valence-electron chi connectivity index (χ2n) is 8.01. The summed E-state index contributed by atoms with van der Waals surface area (Å²) in [6, 6.07) is 17.0. The number of halogens is 1. The third-order valence-corrected chi connectivity index (χ3v) is 4.91. The first-order valence-electron chi connectivity index (χ1n) is 9.68. The van der Waals surface area contributed by atoms with E-state index in [-0.39, 0.29) is 11.6 Å². The summed E-state index contributed by atoms with van der Waals surface area (Å²) in [4.78, 5) is 28.2. The molecule has 0 aliphatic heterocycles. The summed E-state index contributed by atoms with van der Waals surface area (Å²) in [6.07, 6.45) is 1.10. The maximum Gasteiger partial charge on any atom is 0.419 e. The van der Waals surface area contributed by atoms with Crippen molar-refractivity contribution >= 4 is 38.8 Å². The van der Waals surface area contributed by atoms with Gasteiger partial charge in [-0.15, -0.1) is 6.58 Å². The van der Waals surface area contributed by atoms with Gasteiger partial charge in [0.05, 0.1) is 5.52 Å². The van der Waals surface area contributed by atoms with Gasteiger partial charge in [0.25, 0.3) is 5.91 Å². The zero-order valence-electron chi connectivity index (χ0n) is 17.4. The van der Waals surface area contributed by atoms with E-state index in [9.17, 15) is 9.59 Å². The molecule has 0 unspecified atom stereocenters. The van der Waals surface area contributed by atoms with Gasteiger partial charge >= 0.3 is 6.09 Å². The number of nitrogens with zero attached hydrogens (tertiary/aromatic N) is 2. The van der Waals surface area contributed by atoms with Crippen molar-refractivity contribution in [3.8, 4) is 0 Å². The van der Waals surface area contributed by atoms with Crippen LogP contribution in [0.4, 0.5) is 4.79 Å². The molecule has 2 aromatic carbocycles. The van der Waals surface area contributed by atoms with Crippen LogP contribution < -0.4 is 0 Å². The second kappa shape index (κ2) is 8.88. The average molecular weight is 469 g/mol. The highest BCUT2D eigenvalue weighted by Gasteiger charge is 2.27. The molecule has 1 amide bonds. The van der Waals surface area contributed by atoms with Crippen molar-refractivity contribution in [2.24, 2.45) is 0 Å². The van der Waals surface area contributed by atoms with Gasteiger partial charge in [-0.25, -0.2) is 9.36 Å². The average Bonchev–Trinajstić information content (AvgIpc) is 3.05. The Hall–Kier alpha value is -2.86. The predicted octanol–water partition coefficient (Wildman–Crippen LogP) is 6.02. The van der Waals surface area contributed by atoms with E-state index in [1.54, 1.807) is 43.9 Å². The number of ether oxygens (including phenoxy) is 1. The van der Waals surface area contributed by atoms with Gasteiger partial charge in [0, 0.05) is 22.9 Å². The summed E-state index contributed by atoms with van der Waals surface area (Å²) < 4.78 is 7.81. The molecule has 156 valence electrons. The van der Waals surface area contributed by atoms with Crippen LogP contribution >= 0.6 is 15.9 Å². The van der Waals surface area contributed by atoms with Crippen LogP contribution in [0.3, 0.4) is 0 Å². The summed E-state index contributed by atoms with van der Waals surface area (Å²) in [6.45, 7) is 9.94. The smallest absolute Gasteiger partial charge is 0.419 e. The van der Waals surface area contributed by atoms with Crippen molar-refractivity contribution in [2.45, 2.75) is 32.9 Å². The molecule has 1 heterocycles. The van der Waals surface area contributed by atoms with Crippen LogP contribution in [0.5, 0.6) is 0 Å². The Morgan fingerprint density at radius 2 is 1.83 bits per heavy atom. The fourth-order valence-electron chi connectivity index (χ4n) is 3.19. The predicted molar refractivity (Wildman–Crippen MR) is 123 cm³/mol. The van der Waals surface area contributed by atoms with Crippen LogP contribution in [0.1, 0.15) is 36.8 Å². The number of hydrogen-bond donors (Lipinski definition) is 0. The quantitative estimate of drug-likeness (QED) is 0.430. The first kappa shape index (κ1) is 21.8. The van der Waals surface area contributed by atoms with Crippen molar-refractivity contribution in [1.82, 2.24) is 9.47 Å². The van der Waals surface area contributed by atoms with Gasteiger partial charge in [0.1, 0.15) is 11.3 Å². The molecular weight excluding hydrogens is 444 g/mol.